The van der Waals surface area contributed by atoms with Crippen molar-refractivity contribution in [2.75, 3.05) is 49.2 Å². The van der Waals surface area contributed by atoms with Gasteiger partial charge in [0.1, 0.15) is 11.6 Å². The number of rotatable bonds is 4. The molecule has 0 saturated carbocycles. The van der Waals surface area contributed by atoms with Gasteiger partial charge in [-0.25, -0.2) is 9.97 Å². The van der Waals surface area contributed by atoms with Gasteiger partial charge in [0, 0.05) is 48.8 Å². The lowest BCUT2D eigenvalue weighted by Gasteiger charge is -2.33. The number of benzene rings is 1. The van der Waals surface area contributed by atoms with Crippen LogP contribution in [0.4, 0.5) is 16.6 Å². The second-order valence-corrected chi connectivity index (χ2v) is 9.10. The van der Waals surface area contributed by atoms with Crippen LogP contribution in [-0.2, 0) is 0 Å². The summed E-state index contributed by atoms with van der Waals surface area (Å²) in [6, 6.07) is 15.7. The Hall–Kier alpha value is -3.49. The Bertz CT molecular complexity index is 1260. The fourth-order valence-corrected chi connectivity index (χ4v) is 4.57. The number of aromatic nitrogens is 2. The van der Waals surface area contributed by atoms with E-state index in [-0.39, 0.29) is 5.91 Å². The Morgan fingerprint density at radius 3 is 2.53 bits per heavy atom. The second kappa shape index (κ2) is 8.57. The largest absolute Gasteiger partial charge is 0.391 e. The van der Waals surface area contributed by atoms with E-state index in [9.17, 15) is 4.79 Å². The molecule has 0 aliphatic carbocycles. The lowest BCUT2D eigenvalue weighted by Crippen LogP contribution is -2.44. The molecule has 1 aliphatic heterocycles. The Morgan fingerprint density at radius 1 is 0.969 bits per heavy atom. The Kier molecular flexibility index (Phi) is 5.46. The van der Waals surface area contributed by atoms with Crippen LogP contribution in [0.25, 0.3) is 21.2 Å². The SMILES string of the molecule is CN1CCN(c2ccc(C(=O)Nc3cc4cc(-c5ccc(N)s5)ccc4cn3)cn2)CC1. The molecule has 1 saturated heterocycles. The van der Waals surface area contributed by atoms with Crippen molar-refractivity contribution in [2.45, 2.75) is 0 Å². The quantitative estimate of drug-likeness (QED) is 0.496. The minimum absolute atomic E-state index is 0.225. The number of amides is 1. The lowest BCUT2D eigenvalue weighted by atomic mass is 10.1. The molecule has 0 bridgehead atoms. The van der Waals surface area contributed by atoms with Gasteiger partial charge in [0.15, 0.2) is 0 Å². The van der Waals surface area contributed by atoms with Crippen molar-refractivity contribution < 1.29 is 4.79 Å². The molecule has 8 heteroatoms. The number of nitrogens with one attached hydrogen (secondary N) is 1. The highest BCUT2D eigenvalue weighted by molar-refractivity contribution is 7.19. The molecule has 1 aromatic carbocycles. The van der Waals surface area contributed by atoms with Crippen LogP contribution in [0.5, 0.6) is 0 Å². The van der Waals surface area contributed by atoms with Gasteiger partial charge in [-0.05, 0) is 54.4 Å². The van der Waals surface area contributed by atoms with E-state index in [1.807, 2.05) is 36.4 Å². The number of anilines is 3. The number of thiophene rings is 1. The molecule has 5 rings (SSSR count). The van der Waals surface area contributed by atoms with Crippen molar-refractivity contribution >= 4 is 44.7 Å². The molecule has 4 aromatic rings. The molecule has 3 N–H and O–H groups in total. The summed E-state index contributed by atoms with van der Waals surface area (Å²) in [6.45, 7) is 3.91. The van der Waals surface area contributed by atoms with Crippen molar-refractivity contribution in [2.24, 2.45) is 0 Å². The van der Waals surface area contributed by atoms with Crippen molar-refractivity contribution in [1.29, 1.82) is 0 Å². The molecule has 32 heavy (non-hydrogen) atoms. The summed E-state index contributed by atoms with van der Waals surface area (Å²) in [5.74, 6) is 1.19. The summed E-state index contributed by atoms with van der Waals surface area (Å²) in [4.78, 5) is 27.3. The number of nitrogens with two attached hydrogens (primary N) is 1. The zero-order chi connectivity index (χ0) is 22.1. The number of fused-ring (bicyclic) bond motifs is 1. The normalized spacial score (nSPS) is 14.6. The smallest absolute Gasteiger partial charge is 0.258 e. The van der Waals surface area contributed by atoms with Gasteiger partial charge in [-0.1, -0.05) is 12.1 Å². The van der Waals surface area contributed by atoms with Crippen molar-refractivity contribution in [3.8, 4) is 10.4 Å². The predicted octanol–water partition coefficient (Wildman–Crippen LogP) is 3.94. The number of pyridine rings is 2. The van der Waals surface area contributed by atoms with E-state index in [4.69, 9.17) is 5.73 Å². The van der Waals surface area contributed by atoms with Gasteiger partial charge in [-0.3, -0.25) is 4.79 Å². The van der Waals surface area contributed by atoms with Gasteiger partial charge in [-0.15, -0.1) is 11.3 Å². The van der Waals surface area contributed by atoms with Gasteiger partial charge in [-0.2, -0.15) is 0 Å². The average Bonchev–Trinajstić information content (AvgIpc) is 3.25. The van der Waals surface area contributed by atoms with Crippen molar-refractivity contribution in [3.63, 3.8) is 0 Å². The first-order valence-corrected chi connectivity index (χ1v) is 11.3. The van der Waals surface area contributed by atoms with Gasteiger partial charge < -0.3 is 20.9 Å². The monoisotopic (exact) mass is 444 g/mol. The molecule has 3 aromatic heterocycles. The number of hydrogen-bond acceptors (Lipinski definition) is 7. The van der Waals surface area contributed by atoms with E-state index in [1.165, 1.54) is 0 Å². The van der Waals surface area contributed by atoms with Crippen LogP contribution in [0.3, 0.4) is 0 Å². The van der Waals surface area contributed by atoms with Gasteiger partial charge in [0.25, 0.3) is 5.91 Å². The predicted molar refractivity (Wildman–Crippen MR) is 131 cm³/mol. The minimum atomic E-state index is -0.225. The summed E-state index contributed by atoms with van der Waals surface area (Å²) in [5, 5.41) is 5.69. The highest BCUT2D eigenvalue weighted by Gasteiger charge is 2.16. The summed E-state index contributed by atoms with van der Waals surface area (Å²) < 4.78 is 0. The highest BCUT2D eigenvalue weighted by atomic mass is 32.1. The molecule has 0 spiro atoms. The Morgan fingerprint density at radius 2 is 1.81 bits per heavy atom. The van der Waals surface area contributed by atoms with Gasteiger partial charge in [0.2, 0.25) is 0 Å². The maximum Gasteiger partial charge on any atom is 0.258 e. The van der Waals surface area contributed by atoms with Crippen LogP contribution in [0, 0.1) is 0 Å². The molecule has 0 atom stereocenters. The van der Waals surface area contributed by atoms with E-state index in [1.54, 1.807) is 23.7 Å². The first-order chi connectivity index (χ1) is 15.5. The molecule has 7 nitrogen and oxygen atoms in total. The van der Waals surface area contributed by atoms with Gasteiger partial charge >= 0.3 is 0 Å². The van der Waals surface area contributed by atoms with Crippen LogP contribution in [-0.4, -0.2) is 54.0 Å². The van der Waals surface area contributed by atoms with E-state index in [0.29, 0.717) is 11.4 Å². The maximum atomic E-state index is 12.7. The first-order valence-electron chi connectivity index (χ1n) is 10.5. The van der Waals surface area contributed by atoms with E-state index in [0.717, 1.165) is 58.2 Å². The van der Waals surface area contributed by atoms with E-state index >= 15 is 0 Å². The molecule has 1 aliphatic rings. The summed E-state index contributed by atoms with van der Waals surface area (Å²) >= 11 is 1.55. The van der Waals surface area contributed by atoms with Crippen LogP contribution in [0.2, 0.25) is 0 Å². The maximum absolute atomic E-state index is 12.7. The Labute approximate surface area is 190 Å². The second-order valence-electron chi connectivity index (χ2n) is 7.98. The third-order valence-electron chi connectivity index (χ3n) is 5.71. The molecular weight excluding hydrogens is 420 g/mol. The summed E-state index contributed by atoms with van der Waals surface area (Å²) in [5.41, 5.74) is 7.47. The van der Waals surface area contributed by atoms with E-state index in [2.05, 4.69) is 44.3 Å². The zero-order valence-electron chi connectivity index (χ0n) is 17.8. The van der Waals surface area contributed by atoms with Crippen LogP contribution < -0.4 is 16.0 Å². The third kappa shape index (κ3) is 4.28. The van der Waals surface area contributed by atoms with E-state index < -0.39 is 0 Å². The summed E-state index contributed by atoms with van der Waals surface area (Å²) in [6.07, 6.45) is 3.40. The Balaban J connectivity index is 1.31. The molecular formula is C24H24N6OS. The number of carbonyl (C=O) groups is 1. The minimum Gasteiger partial charge on any atom is -0.391 e. The van der Waals surface area contributed by atoms with Crippen LogP contribution in [0.15, 0.2) is 60.9 Å². The molecule has 1 amide bonds. The molecule has 0 radical (unpaired) electrons. The van der Waals surface area contributed by atoms with Crippen LogP contribution >= 0.6 is 11.3 Å². The molecule has 0 unspecified atom stereocenters. The van der Waals surface area contributed by atoms with Crippen LogP contribution in [0.1, 0.15) is 10.4 Å². The first kappa shape index (κ1) is 20.4. The number of likely N-dealkylation sites (N-methyl/N-ethyl adjacent to an activating group) is 1. The van der Waals surface area contributed by atoms with Crippen molar-refractivity contribution in [1.82, 2.24) is 14.9 Å². The molecule has 162 valence electrons. The fraction of sp³-hybridized carbons (Fsp3) is 0.208. The number of carbonyl (C=O) groups excluding carboxylic acids is 1. The topological polar surface area (TPSA) is 87.4 Å². The standard InChI is InChI=1S/C24H24N6OS/c1-29-8-10-30(11-9-29)23-7-4-18(15-27-23)24(31)28-22-13-19-12-16(2-3-17(19)14-26-22)20-5-6-21(25)32-20/h2-7,12-15H,8-11,25H2,1H3,(H,26,28,31). The number of hydrogen-bond donors (Lipinski definition) is 2. The third-order valence-corrected chi connectivity index (χ3v) is 6.68. The van der Waals surface area contributed by atoms with Gasteiger partial charge in [0.05, 0.1) is 10.6 Å². The zero-order valence-corrected chi connectivity index (χ0v) is 18.6. The molecule has 1 fully saturated rings. The number of nitrogen functional groups attached to an aromatic ring is 1. The summed E-state index contributed by atoms with van der Waals surface area (Å²) in [7, 11) is 2.12. The average molecular weight is 445 g/mol. The molecule has 4 heterocycles. The number of nitrogens with zero attached hydrogens (tertiary/aromatic N) is 4. The number of piperazine rings is 1. The highest BCUT2D eigenvalue weighted by Crippen LogP contribution is 2.32. The van der Waals surface area contributed by atoms with Crippen molar-refractivity contribution in [3.05, 3.63) is 66.5 Å². The fourth-order valence-electron chi connectivity index (χ4n) is 3.80. The lowest BCUT2D eigenvalue weighted by molar-refractivity contribution is 0.102.